The first-order chi connectivity index (χ1) is 14.6. The van der Waals surface area contributed by atoms with Crippen LogP contribution in [-0.4, -0.2) is 10.9 Å². The molecule has 1 aromatic heterocycles. The molecule has 0 radical (unpaired) electrons. The maximum absolute atomic E-state index is 13.2. The Morgan fingerprint density at radius 3 is 2.37 bits per heavy atom. The summed E-state index contributed by atoms with van der Waals surface area (Å²) < 4.78 is 1.11. The van der Waals surface area contributed by atoms with Gasteiger partial charge in [0.1, 0.15) is 0 Å². The molecule has 0 N–H and O–H groups in total. The van der Waals surface area contributed by atoms with Crippen LogP contribution in [0.4, 0.5) is 5.13 Å². The van der Waals surface area contributed by atoms with Gasteiger partial charge < -0.3 is 0 Å². The van der Waals surface area contributed by atoms with Gasteiger partial charge in [0.15, 0.2) is 5.13 Å². The molecule has 0 aliphatic carbocycles. The van der Waals surface area contributed by atoms with Crippen LogP contribution in [0.3, 0.4) is 0 Å². The SMILES string of the molecule is CC(C)c1cccc2sc(N(Cc3ccccc3)C(=O)/C=C/c3ccccc3)nc12. The molecule has 3 aromatic carbocycles. The number of anilines is 1. The Labute approximate surface area is 181 Å². The number of nitrogens with zero attached hydrogens (tertiary/aromatic N) is 2. The molecule has 1 heterocycles. The van der Waals surface area contributed by atoms with Crippen LogP contribution in [0.25, 0.3) is 16.3 Å². The van der Waals surface area contributed by atoms with Crippen LogP contribution in [0.5, 0.6) is 0 Å². The van der Waals surface area contributed by atoms with E-state index in [0.29, 0.717) is 12.5 Å². The van der Waals surface area contributed by atoms with Gasteiger partial charge in [-0.1, -0.05) is 98.0 Å². The maximum Gasteiger partial charge on any atom is 0.253 e. The lowest BCUT2D eigenvalue weighted by molar-refractivity contribution is -0.114. The van der Waals surface area contributed by atoms with Crippen molar-refractivity contribution >= 4 is 38.7 Å². The van der Waals surface area contributed by atoms with E-state index in [0.717, 1.165) is 26.5 Å². The van der Waals surface area contributed by atoms with Gasteiger partial charge in [0.05, 0.1) is 16.8 Å². The predicted molar refractivity (Wildman–Crippen MR) is 127 cm³/mol. The van der Waals surface area contributed by atoms with E-state index in [9.17, 15) is 4.79 Å². The molecule has 30 heavy (non-hydrogen) atoms. The Morgan fingerprint density at radius 1 is 0.967 bits per heavy atom. The summed E-state index contributed by atoms with van der Waals surface area (Å²) in [5.41, 5.74) is 4.27. The van der Waals surface area contributed by atoms with Crippen molar-refractivity contribution in [2.24, 2.45) is 0 Å². The van der Waals surface area contributed by atoms with Crippen molar-refractivity contribution < 1.29 is 4.79 Å². The van der Waals surface area contributed by atoms with Crippen molar-refractivity contribution in [3.8, 4) is 0 Å². The van der Waals surface area contributed by atoms with E-state index in [2.05, 4.69) is 32.0 Å². The molecule has 1 amide bonds. The number of carbonyl (C=O) groups is 1. The molecular formula is C26H24N2OS. The molecule has 0 spiro atoms. The molecule has 4 heteroatoms. The lowest BCUT2D eigenvalue weighted by Gasteiger charge is -2.18. The molecule has 0 saturated heterocycles. The van der Waals surface area contributed by atoms with Crippen molar-refractivity contribution in [2.45, 2.75) is 26.3 Å². The zero-order valence-corrected chi connectivity index (χ0v) is 18.0. The molecule has 0 aliphatic rings. The van der Waals surface area contributed by atoms with Crippen LogP contribution in [-0.2, 0) is 11.3 Å². The number of benzene rings is 3. The first kappa shape index (κ1) is 20.0. The Hall–Kier alpha value is -3.24. The zero-order valence-electron chi connectivity index (χ0n) is 17.2. The first-order valence-corrected chi connectivity index (χ1v) is 10.9. The van der Waals surface area contributed by atoms with E-state index < -0.39 is 0 Å². The van der Waals surface area contributed by atoms with Crippen molar-refractivity contribution in [3.63, 3.8) is 0 Å². The third-order valence-electron chi connectivity index (χ3n) is 4.96. The fourth-order valence-corrected chi connectivity index (χ4v) is 4.37. The number of para-hydroxylation sites is 1. The summed E-state index contributed by atoms with van der Waals surface area (Å²) in [6.45, 7) is 4.82. The van der Waals surface area contributed by atoms with E-state index >= 15 is 0 Å². The molecule has 0 aliphatic heterocycles. The van der Waals surface area contributed by atoms with E-state index in [1.165, 1.54) is 5.56 Å². The van der Waals surface area contributed by atoms with Crippen molar-refractivity contribution in [3.05, 3.63) is 102 Å². The Kier molecular flexibility index (Phi) is 6.05. The molecule has 0 atom stereocenters. The molecular weight excluding hydrogens is 388 g/mol. The minimum Gasteiger partial charge on any atom is -0.280 e. The molecule has 0 fully saturated rings. The fraction of sp³-hybridized carbons (Fsp3) is 0.154. The zero-order chi connectivity index (χ0) is 20.9. The Bertz CT molecular complexity index is 1160. The smallest absolute Gasteiger partial charge is 0.253 e. The van der Waals surface area contributed by atoms with Crippen LogP contribution >= 0.6 is 11.3 Å². The van der Waals surface area contributed by atoms with E-state index in [-0.39, 0.29) is 5.91 Å². The summed E-state index contributed by atoms with van der Waals surface area (Å²) >= 11 is 1.57. The topological polar surface area (TPSA) is 33.2 Å². The molecule has 0 unspecified atom stereocenters. The van der Waals surface area contributed by atoms with Crippen LogP contribution in [0.15, 0.2) is 84.9 Å². The van der Waals surface area contributed by atoms with Crippen molar-refractivity contribution in [2.75, 3.05) is 4.90 Å². The Balaban J connectivity index is 1.71. The van der Waals surface area contributed by atoms with Crippen LogP contribution in [0.2, 0.25) is 0 Å². The number of amides is 1. The number of aromatic nitrogens is 1. The average Bonchev–Trinajstić information content (AvgIpc) is 3.21. The molecule has 4 aromatic rings. The summed E-state index contributed by atoms with van der Waals surface area (Å²) in [6, 6.07) is 26.2. The standard InChI is InChI=1S/C26H24N2OS/c1-19(2)22-14-9-15-23-25(22)27-26(30-23)28(18-21-12-7-4-8-13-21)24(29)17-16-20-10-5-3-6-11-20/h3-17,19H,18H2,1-2H3/b17-16+. The molecule has 4 rings (SSSR count). The number of hydrogen-bond donors (Lipinski definition) is 0. The Morgan fingerprint density at radius 2 is 1.67 bits per heavy atom. The highest BCUT2D eigenvalue weighted by Crippen LogP contribution is 2.34. The summed E-state index contributed by atoms with van der Waals surface area (Å²) in [5, 5.41) is 0.727. The second-order valence-corrected chi connectivity index (χ2v) is 8.51. The van der Waals surface area contributed by atoms with Gasteiger partial charge in [-0.25, -0.2) is 4.98 Å². The van der Waals surface area contributed by atoms with Crippen LogP contribution in [0, 0.1) is 0 Å². The summed E-state index contributed by atoms with van der Waals surface area (Å²) in [4.78, 5) is 19.9. The predicted octanol–water partition coefficient (Wildman–Crippen LogP) is 6.67. The van der Waals surface area contributed by atoms with Gasteiger partial charge in [-0.2, -0.15) is 0 Å². The third kappa shape index (κ3) is 4.50. The van der Waals surface area contributed by atoms with Gasteiger partial charge in [0.2, 0.25) is 0 Å². The van der Waals surface area contributed by atoms with Gasteiger partial charge in [-0.15, -0.1) is 0 Å². The quantitative estimate of drug-likeness (QED) is 0.332. The largest absolute Gasteiger partial charge is 0.280 e. The number of hydrogen-bond acceptors (Lipinski definition) is 3. The van der Waals surface area contributed by atoms with Gasteiger partial charge >= 0.3 is 0 Å². The molecule has 0 bridgehead atoms. The lowest BCUT2D eigenvalue weighted by Crippen LogP contribution is -2.28. The summed E-state index contributed by atoms with van der Waals surface area (Å²) in [7, 11) is 0. The lowest BCUT2D eigenvalue weighted by atomic mass is 10.0. The number of rotatable bonds is 6. The highest BCUT2D eigenvalue weighted by atomic mass is 32.1. The minimum absolute atomic E-state index is 0.0761. The number of thiazole rings is 1. The molecule has 0 saturated carbocycles. The maximum atomic E-state index is 13.2. The minimum atomic E-state index is -0.0761. The fourth-order valence-electron chi connectivity index (χ4n) is 3.37. The highest BCUT2D eigenvalue weighted by molar-refractivity contribution is 7.22. The molecule has 3 nitrogen and oxygen atoms in total. The number of carbonyl (C=O) groups excluding carboxylic acids is 1. The van der Waals surface area contributed by atoms with E-state index in [1.807, 2.05) is 66.7 Å². The second kappa shape index (κ2) is 9.06. The summed E-state index contributed by atoms with van der Waals surface area (Å²) in [6.07, 6.45) is 3.49. The van der Waals surface area contributed by atoms with E-state index in [4.69, 9.17) is 4.98 Å². The third-order valence-corrected chi connectivity index (χ3v) is 6.00. The van der Waals surface area contributed by atoms with Gasteiger partial charge in [-0.3, -0.25) is 9.69 Å². The van der Waals surface area contributed by atoms with Gasteiger partial charge in [0.25, 0.3) is 5.91 Å². The second-order valence-electron chi connectivity index (χ2n) is 7.50. The van der Waals surface area contributed by atoms with E-state index in [1.54, 1.807) is 22.3 Å². The normalized spacial score (nSPS) is 11.4. The average molecular weight is 413 g/mol. The van der Waals surface area contributed by atoms with Crippen LogP contribution < -0.4 is 4.90 Å². The first-order valence-electron chi connectivity index (χ1n) is 10.1. The van der Waals surface area contributed by atoms with Crippen LogP contribution in [0.1, 0.15) is 36.5 Å². The van der Waals surface area contributed by atoms with Gasteiger partial charge in [-0.05, 0) is 34.8 Å². The van der Waals surface area contributed by atoms with Crippen molar-refractivity contribution in [1.82, 2.24) is 4.98 Å². The molecule has 150 valence electrons. The highest BCUT2D eigenvalue weighted by Gasteiger charge is 2.20. The monoisotopic (exact) mass is 412 g/mol. The van der Waals surface area contributed by atoms with Gasteiger partial charge in [0, 0.05) is 6.08 Å². The summed E-state index contributed by atoms with van der Waals surface area (Å²) in [5.74, 6) is 0.299. The number of fused-ring (bicyclic) bond motifs is 1. The van der Waals surface area contributed by atoms with Crippen molar-refractivity contribution in [1.29, 1.82) is 0 Å².